The monoisotopic (exact) mass is 350 g/mol. The quantitative estimate of drug-likeness (QED) is 0.575. The molecule has 0 bridgehead atoms. The molecule has 8 heteroatoms. The van der Waals surface area contributed by atoms with E-state index in [4.69, 9.17) is 9.52 Å². The molecule has 2 N–H and O–H groups in total. The second-order valence-corrected chi connectivity index (χ2v) is 6.89. The third kappa shape index (κ3) is 5.45. The van der Waals surface area contributed by atoms with Gasteiger partial charge in [0.1, 0.15) is 6.26 Å². The predicted octanol–water partition coefficient (Wildman–Crippen LogP) is 0.530. The maximum absolute atomic E-state index is 11.9. The van der Waals surface area contributed by atoms with Crippen LogP contribution >= 0.6 is 0 Å². The van der Waals surface area contributed by atoms with Crippen LogP contribution in [0, 0.1) is 5.41 Å². The summed E-state index contributed by atoms with van der Waals surface area (Å²) < 4.78 is 4.89. The maximum Gasteiger partial charge on any atom is 0.227 e. The smallest absolute Gasteiger partial charge is 0.227 e. The molecule has 1 aliphatic heterocycles. The first kappa shape index (κ1) is 19.2. The summed E-state index contributed by atoms with van der Waals surface area (Å²) in [6.07, 6.45) is 1.61. The minimum absolute atomic E-state index is 0.00419. The van der Waals surface area contributed by atoms with Crippen molar-refractivity contribution in [1.29, 1.82) is 0 Å². The Kier molecular flexibility index (Phi) is 6.81. The van der Waals surface area contributed by atoms with Crippen LogP contribution in [0.15, 0.2) is 21.8 Å². The molecule has 1 fully saturated rings. The summed E-state index contributed by atoms with van der Waals surface area (Å²) in [6.45, 7) is 11.6. The number of rotatable bonds is 6. The number of aromatic nitrogens is 1. The van der Waals surface area contributed by atoms with Crippen molar-refractivity contribution in [3.05, 3.63) is 18.0 Å². The Balaban J connectivity index is 1.92. The van der Waals surface area contributed by atoms with Crippen molar-refractivity contribution >= 4 is 11.9 Å². The summed E-state index contributed by atoms with van der Waals surface area (Å²) in [5.41, 5.74) is 0.436. The molecule has 140 valence electrons. The van der Waals surface area contributed by atoms with Gasteiger partial charge in [-0.1, -0.05) is 5.16 Å². The van der Waals surface area contributed by atoms with E-state index in [1.165, 1.54) is 0 Å². The number of aliphatic imine (C=N–C) groups is 1. The van der Waals surface area contributed by atoms with Gasteiger partial charge in [-0.3, -0.25) is 14.7 Å². The number of nitrogens with one attached hydrogen (secondary N) is 2. The second kappa shape index (κ2) is 8.84. The summed E-state index contributed by atoms with van der Waals surface area (Å²) in [7, 11) is 1.66. The third-order valence-electron chi connectivity index (χ3n) is 4.35. The molecule has 1 saturated heterocycles. The lowest BCUT2D eigenvalue weighted by atomic mass is 9.93. The number of nitrogens with zero attached hydrogens (tertiary/aromatic N) is 4. The van der Waals surface area contributed by atoms with E-state index in [2.05, 4.69) is 32.5 Å². The molecule has 0 radical (unpaired) electrons. The largest absolute Gasteiger partial charge is 0.364 e. The van der Waals surface area contributed by atoms with Gasteiger partial charge >= 0.3 is 0 Å². The Hall–Kier alpha value is -2.09. The van der Waals surface area contributed by atoms with Crippen molar-refractivity contribution in [2.24, 2.45) is 10.4 Å². The molecule has 0 atom stereocenters. The minimum Gasteiger partial charge on any atom is -0.364 e. The van der Waals surface area contributed by atoms with Gasteiger partial charge in [0, 0.05) is 52.4 Å². The molecule has 8 nitrogen and oxygen atoms in total. The van der Waals surface area contributed by atoms with Crippen molar-refractivity contribution in [1.82, 2.24) is 25.6 Å². The predicted molar refractivity (Wildman–Crippen MR) is 97.2 cm³/mol. The average molecular weight is 350 g/mol. The Bertz CT molecular complexity index is 562. The van der Waals surface area contributed by atoms with Crippen LogP contribution in [0.1, 0.15) is 26.5 Å². The van der Waals surface area contributed by atoms with E-state index < -0.39 is 5.41 Å². The molecule has 2 heterocycles. The lowest BCUT2D eigenvalue weighted by molar-refractivity contribution is -0.128. The van der Waals surface area contributed by atoms with E-state index in [1.807, 2.05) is 19.9 Å². The van der Waals surface area contributed by atoms with Gasteiger partial charge in [0.25, 0.3) is 0 Å². The molecular formula is C17H30N6O2. The van der Waals surface area contributed by atoms with Crippen molar-refractivity contribution in [3.8, 4) is 0 Å². The lowest BCUT2D eigenvalue weighted by Crippen LogP contribution is -2.52. The highest BCUT2D eigenvalue weighted by atomic mass is 16.5. The molecule has 1 aromatic rings. The van der Waals surface area contributed by atoms with Crippen LogP contribution in [0.2, 0.25) is 0 Å². The molecular weight excluding hydrogens is 320 g/mol. The summed E-state index contributed by atoms with van der Waals surface area (Å²) in [5, 5.41) is 10.0. The highest BCUT2D eigenvalue weighted by Gasteiger charge is 2.27. The summed E-state index contributed by atoms with van der Waals surface area (Å²) in [5.74, 6) is 0.880. The van der Waals surface area contributed by atoms with E-state index in [9.17, 15) is 4.79 Å². The number of piperazine rings is 1. The second-order valence-electron chi connectivity index (χ2n) is 6.89. The highest BCUT2D eigenvalue weighted by molar-refractivity contribution is 5.83. The van der Waals surface area contributed by atoms with Gasteiger partial charge < -0.3 is 20.1 Å². The van der Waals surface area contributed by atoms with Crippen molar-refractivity contribution < 1.29 is 9.32 Å². The number of carbonyl (C=O) groups is 1. The fourth-order valence-electron chi connectivity index (χ4n) is 2.77. The van der Waals surface area contributed by atoms with Crippen LogP contribution in [0.4, 0.5) is 0 Å². The van der Waals surface area contributed by atoms with Crippen LogP contribution in [-0.2, 0) is 11.3 Å². The van der Waals surface area contributed by atoms with E-state index in [1.54, 1.807) is 13.3 Å². The molecule has 2 rings (SSSR count). The van der Waals surface area contributed by atoms with Crippen LogP contribution in [-0.4, -0.2) is 73.1 Å². The molecule has 0 unspecified atom stereocenters. The van der Waals surface area contributed by atoms with E-state index in [0.29, 0.717) is 6.54 Å². The number of guanidine groups is 1. The SMILES string of the molecule is CCNC(=NCC(C)(C)C(=O)NC)N1CCN(Cc2ccon2)CC1. The third-order valence-corrected chi connectivity index (χ3v) is 4.35. The van der Waals surface area contributed by atoms with Crippen molar-refractivity contribution in [3.63, 3.8) is 0 Å². The zero-order chi connectivity index (χ0) is 18.3. The Morgan fingerprint density at radius 2 is 2.08 bits per heavy atom. The van der Waals surface area contributed by atoms with Crippen LogP contribution in [0.5, 0.6) is 0 Å². The Morgan fingerprint density at radius 1 is 1.36 bits per heavy atom. The molecule has 0 saturated carbocycles. The zero-order valence-electron chi connectivity index (χ0n) is 15.7. The van der Waals surface area contributed by atoms with Gasteiger partial charge in [-0.2, -0.15) is 0 Å². The topological polar surface area (TPSA) is 86.0 Å². The molecule has 1 aliphatic rings. The first-order valence-corrected chi connectivity index (χ1v) is 8.83. The molecule has 1 aromatic heterocycles. The fourth-order valence-corrected chi connectivity index (χ4v) is 2.77. The molecule has 0 aromatic carbocycles. The van der Waals surface area contributed by atoms with Gasteiger partial charge in [0.2, 0.25) is 5.91 Å². The normalized spacial score (nSPS) is 16.8. The van der Waals surface area contributed by atoms with Crippen LogP contribution < -0.4 is 10.6 Å². The van der Waals surface area contributed by atoms with Gasteiger partial charge in [0.15, 0.2) is 5.96 Å². The van der Waals surface area contributed by atoms with E-state index in [0.717, 1.165) is 50.9 Å². The summed E-state index contributed by atoms with van der Waals surface area (Å²) in [4.78, 5) is 21.2. The first-order chi connectivity index (χ1) is 12.0. The highest BCUT2D eigenvalue weighted by Crippen LogP contribution is 2.16. The number of hydrogen-bond donors (Lipinski definition) is 2. The van der Waals surface area contributed by atoms with E-state index >= 15 is 0 Å². The Labute approximate surface area is 149 Å². The van der Waals surface area contributed by atoms with Gasteiger partial charge in [-0.25, -0.2) is 0 Å². The standard InChI is InChI=1S/C17H30N6O2/c1-5-19-16(20-13-17(2,3)15(24)18-4)23-9-7-22(8-10-23)12-14-6-11-25-21-14/h6,11H,5,7-10,12-13H2,1-4H3,(H,18,24)(H,19,20). The van der Waals surface area contributed by atoms with Crippen molar-refractivity contribution in [2.45, 2.75) is 27.3 Å². The molecule has 25 heavy (non-hydrogen) atoms. The fraction of sp³-hybridized carbons (Fsp3) is 0.706. The van der Waals surface area contributed by atoms with E-state index in [-0.39, 0.29) is 5.91 Å². The number of carbonyl (C=O) groups excluding carboxylic acids is 1. The van der Waals surface area contributed by atoms with Gasteiger partial charge in [0.05, 0.1) is 17.7 Å². The number of amides is 1. The molecule has 0 aliphatic carbocycles. The molecule has 0 spiro atoms. The number of hydrogen-bond acceptors (Lipinski definition) is 5. The van der Waals surface area contributed by atoms with Crippen LogP contribution in [0.3, 0.4) is 0 Å². The summed E-state index contributed by atoms with van der Waals surface area (Å²) in [6, 6.07) is 1.90. The lowest BCUT2D eigenvalue weighted by Gasteiger charge is -2.36. The Morgan fingerprint density at radius 3 is 2.64 bits per heavy atom. The average Bonchev–Trinajstić information content (AvgIpc) is 3.11. The van der Waals surface area contributed by atoms with Gasteiger partial charge in [-0.05, 0) is 20.8 Å². The summed E-state index contributed by atoms with van der Waals surface area (Å²) >= 11 is 0. The first-order valence-electron chi connectivity index (χ1n) is 8.83. The zero-order valence-corrected chi connectivity index (χ0v) is 15.7. The molecule has 1 amide bonds. The van der Waals surface area contributed by atoms with Gasteiger partial charge in [-0.15, -0.1) is 0 Å². The van der Waals surface area contributed by atoms with Crippen LogP contribution in [0.25, 0.3) is 0 Å². The maximum atomic E-state index is 11.9. The van der Waals surface area contributed by atoms with Crippen molar-refractivity contribution in [2.75, 3.05) is 46.3 Å². The minimum atomic E-state index is -0.524.